The topological polar surface area (TPSA) is 101 Å². The molecule has 1 aliphatic heterocycles. The lowest BCUT2D eigenvalue weighted by Gasteiger charge is -2.27. The van der Waals surface area contributed by atoms with Crippen molar-refractivity contribution < 1.29 is 4.79 Å². The number of rotatable bonds is 5. The van der Waals surface area contributed by atoms with E-state index in [0.29, 0.717) is 5.69 Å². The number of aryl methyl sites for hydroxylation is 2. The van der Waals surface area contributed by atoms with Crippen LogP contribution in [0, 0.1) is 6.92 Å². The van der Waals surface area contributed by atoms with E-state index in [-0.39, 0.29) is 11.6 Å². The van der Waals surface area contributed by atoms with Gasteiger partial charge in [-0.1, -0.05) is 5.21 Å². The molecule has 1 aromatic carbocycles. The Hall–Kier alpha value is -3.49. The predicted molar refractivity (Wildman–Crippen MR) is 112 cm³/mol. The molecule has 0 spiro atoms. The molecule has 9 heteroatoms. The number of amides is 1. The van der Waals surface area contributed by atoms with Gasteiger partial charge in [0.1, 0.15) is 5.82 Å². The maximum Gasteiger partial charge on any atom is 0.277 e. The molecule has 1 amide bonds. The van der Waals surface area contributed by atoms with E-state index in [4.69, 9.17) is 0 Å². The number of aromatic nitrogens is 5. The Labute approximate surface area is 169 Å². The van der Waals surface area contributed by atoms with Crippen molar-refractivity contribution in [1.29, 1.82) is 0 Å². The number of carbonyl (C=O) groups is 1. The van der Waals surface area contributed by atoms with Gasteiger partial charge in [0.05, 0.1) is 6.20 Å². The molecule has 3 aromatic rings. The molecule has 1 saturated heterocycles. The molecule has 2 aromatic heterocycles. The summed E-state index contributed by atoms with van der Waals surface area (Å²) in [6.07, 6.45) is 5.21. The summed E-state index contributed by atoms with van der Waals surface area (Å²) in [4.78, 5) is 23.7. The van der Waals surface area contributed by atoms with Crippen molar-refractivity contribution in [3.05, 3.63) is 47.9 Å². The van der Waals surface area contributed by atoms with Crippen molar-refractivity contribution in [2.75, 3.05) is 28.6 Å². The van der Waals surface area contributed by atoms with Crippen LogP contribution in [0.4, 0.5) is 23.1 Å². The Bertz CT molecular complexity index is 992. The second-order valence-electron chi connectivity index (χ2n) is 7.18. The SMILES string of the molecule is Cc1cc(Nc2ccc(NC(=O)c3cn(C)nn3)cc2)nc(N2CCCCC2)n1. The lowest BCUT2D eigenvalue weighted by molar-refractivity contribution is 0.102. The third-order valence-electron chi connectivity index (χ3n) is 4.73. The summed E-state index contributed by atoms with van der Waals surface area (Å²) in [6, 6.07) is 9.37. The zero-order valence-electron chi connectivity index (χ0n) is 16.6. The van der Waals surface area contributed by atoms with Crippen molar-refractivity contribution in [1.82, 2.24) is 25.0 Å². The van der Waals surface area contributed by atoms with Gasteiger partial charge in [0.2, 0.25) is 5.95 Å². The summed E-state index contributed by atoms with van der Waals surface area (Å²) in [5, 5.41) is 13.7. The zero-order chi connectivity index (χ0) is 20.2. The molecule has 4 rings (SSSR count). The van der Waals surface area contributed by atoms with E-state index in [2.05, 4.69) is 35.8 Å². The van der Waals surface area contributed by atoms with Crippen LogP contribution in [0.2, 0.25) is 0 Å². The first-order chi connectivity index (χ1) is 14.1. The van der Waals surface area contributed by atoms with Gasteiger partial charge in [0, 0.05) is 43.3 Å². The quantitative estimate of drug-likeness (QED) is 0.688. The highest BCUT2D eigenvalue weighted by atomic mass is 16.2. The van der Waals surface area contributed by atoms with Gasteiger partial charge in [-0.05, 0) is 50.5 Å². The van der Waals surface area contributed by atoms with Crippen LogP contribution in [-0.4, -0.2) is 44.0 Å². The minimum atomic E-state index is -0.295. The van der Waals surface area contributed by atoms with Crippen molar-refractivity contribution in [2.45, 2.75) is 26.2 Å². The highest BCUT2D eigenvalue weighted by molar-refractivity contribution is 6.02. The minimum Gasteiger partial charge on any atom is -0.341 e. The average Bonchev–Trinajstić information content (AvgIpc) is 3.16. The van der Waals surface area contributed by atoms with Gasteiger partial charge in [0.15, 0.2) is 5.69 Å². The van der Waals surface area contributed by atoms with Crippen LogP contribution in [0.5, 0.6) is 0 Å². The van der Waals surface area contributed by atoms with Crippen molar-refractivity contribution in [2.24, 2.45) is 7.05 Å². The first-order valence-electron chi connectivity index (χ1n) is 9.72. The van der Waals surface area contributed by atoms with Gasteiger partial charge in [-0.2, -0.15) is 4.98 Å². The lowest BCUT2D eigenvalue weighted by Crippen LogP contribution is -2.31. The molecule has 150 valence electrons. The largest absolute Gasteiger partial charge is 0.341 e. The summed E-state index contributed by atoms with van der Waals surface area (Å²) >= 11 is 0. The van der Waals surface area contributed by atoms with E-state index >= 15 is 0 Å². The van der Waals surface area contributed by atoms with E-state index in [9.17, 15) is 4.79 Å². The molecule has 29 heavy (non-hydrogen) atoms. The summed E-state index contributed by atoms with van der Waals surface area (Å²) in [6.45, 7) is 3.98. The van der Waals surface area contributed by atoms with Gasteiger partial charge in [-0.25, -0.2) is 4.98 Å². The zero-order valence-corrected chi connectivity index (χ0v) is 16.6. The molecule has 2 N–H and O–H groups in total. The van der Waals surface area contributed by atoms with Crippen LogP contribution in [0.3, 0.4) is 0 Å². The monoisotopic (exact) mass is 392 g/mol. The van der Waals surface area contributed by atoms with Gasteiger partial charge in [0.25, 0.3) is 5.91 Å². The smallest absolute Gasteiger partial charge is 0.277 e. The highest BCUT2D eigenvalue weighted by Gasteiger charge is 2.15. The van der Waals surface area contributed by atoms with Crippen molar-refractivity contribution >= 4 is 29.0 Å². The van der Waals surface area contributed by atoms with Crippen LogP contribution < -0.4 is 15.5 Å². The van der Waals surface area contributed by atoms with Crippen LogP contribution in [0.1, 0.15) is 35.4 Å². The van der Waals surface area contributed by atoms with Crippen LogP contribution >= 0.6 is 0 Å². The molecule has 0 aliphatic carbocycles. The fourth-order valence-corrected chi connectivity index (χ4v) is 3.28. The van der Waals surface area contributed by atoms with E-state index in [1.807, 2.05) is 37.3 Å². The Morgan fingerprint density at radius 1 is 1.03 bits per heavy atom. The van der Waals surface area contributed by atoms with E-state index in [1.54, 1.807) is 13.2 Å². The summed E-state index contributed by atoms with van der Waals surface area (Å²) in [5.41, 5.74) is 2.76. The maximum atomic E-state index is 12.2. The molecule has 0 unspecified atom stereocenters. The number of nitrogens with zero attached hydrogens (tertiary/aromatic N) is 6. The van der Waals surface area contributed by atoms with E-state index in [1.165, 1.54) is 23.9 Å². The highest BCUT2D eigenvalue weighted by Crippen LogP contribution is 2.22. The van der Waals surface area contributed by atoms with Crippen molar-refractivity contribution in [3.8, 4) is 0 Å². The molecule has 3 heterocycles. The fourth-order valence-electron chi connectivity index (χ4n) is 3.28. The van der Waals surface area contributed by atoms with Gasteiger partial charge >= 0.3 is 0 Å². The molecule has 1 aliphatic rings. The molecule has 0 atom stereocenters. The Kier molecular flexibility index (Phi) is 5.37. The third kappa shape index (κ3) is 4.68. The number of piperidine rings is 1. The number of hydrogen-bond acceptors (Lipinski definition) is 7. The number of anilines is 4. The van der Waals surface area contributed by atoms with Crippen LogP contribution in [0.25, 0.3) is 0 Å². The number of benzene rings is 1. The van der Waals surface area contributed by atoms with Gasteiger partial charge in [-0.3, -0.25) is 9.48 Å². The van der Waals surface area contributed by atoms with E-state index in [0.717, 1.165) is 36.2 Å². The molecule has 9 nitrogen and oxygen atoms in total. The van der Waals surface area contributed by atoms with Crippen molar-refractivity contribution in [3.63, 3.8) is 0 Å². The predicted octanol–water partition coefficient (Wildman–Crippen LogP) is 2.90. The second kappa shape index (κ2) is 8.26. The Balaban J connectivity index is 1.43. The minimum absolute atomic E-state index is 0.274. The second-order valence-corrected chi connectivity index (χ2v) is 7.18. The normalized spacial score (nSPS) is 13.9. The average molecular weight is 392 g/mol. The molecule has 0 saturated carbocycles. The van der Waals surface area contributed by atoms with Gasteiger partial charge in [-0.15, -0.1) is 5.10 Å². The first-order valence-corrected chi connectivity index (χ1v) is 9.72. The van der Waals surface area contributed by atoms with Gasteiger partial charge < -0.3 is 15.5 Å². The Morgan fingerprint density at radius 3 is 2.45 bits per heavy atom. The molecule has 0 bridgehead atoms. The Morgan fingerprint density at radius 2 is 1.76 bits per heavy atom. The lowest BCUT2D eigenvalue weighted by atomic mass is 10.1. The van der Waals surface area contributed by atoms with E-state index < -0.39 is 0 Å². The molecular formula is C20H24N8O. The molecular weight excluding hydrogens is 368 g/mol. The number of hydrogen-bond donors (Lipinski definition) is 2. The summed E-state index contributed by atoms with van der Waals surface area (Å²) < 4.78 is 1.49. The van der Waals surface area contributed by atoms with Crippen LogP contribution in [-0.2, 0) is 7.05 Å². The first kappa shape index (κ1) is 18.9. The summed E-state index contributed by atoms with van der Waals surface area (Å²) in [7, 11) is 1.72. The fraction of sp³-hybridized carbons (Fsp3) is 0.350. The standard InChI is InChI=1S/C20H24N8O/c1-14-12-18(24-20(21-14)28-10-4-3-5-11-28)22-15-6-8-16(9-7-15)23-19(29)17-13-27(2)26-25-17/h6-9,12-13H,3-5,10-11H2,1-2H3,(H,23,29)(H,21,22,24). The van der Waals surface area contributed by atoms with Crippen LogP contribution in [0.15, 0.2) is 36.5 Å². The number of carbonyl (C=O) groups excluding carboxylic acids is 1. The molecule has 1 fully saturated rings. The number of nitrogens with one attached hydrogen (secondary N) is 2. The maximum absolute atomic E-state index is 12.2. The third-order valence-corrected chi connectivity index (χ3v) is 4.73. The molecule has 0 radical (unpaired) electrons. The summed E-state index contributed by atoms with van der Waals surface area (Å²) in [5.74, 6) is 1.24.